The van der Waals surface area contributed by atoms with E-state index in [1.807, 2.05) is 0 Å². The molecule has 0 saturated heterocycles. The molecule has 0 aromatic carbocycles. The number of Topliss-reactive ketones (excluding diaryl/α,β-unsaturated/α-hetero) is 1. The van der Waals surface area contributed by atoms with E-state index in [4.69, 9.17) is 0 Å². The zero-order valence-electron chi connectivity index (χ0n) is 18.8. The molecule has 0 aliphatic carbocycles. The first-order valence-electron chi connectivity index (χ1n) is 12.1. The summed E-state index contributed by atoms with van der Waals surface area (Å²) in [5.41, 5.74) is 0. The summed E-state index contributed by atoms with van der Waals surface area (Å²) in [6, 6.07) is 0. The summed E-state index contributed by atoms with van der Waals surface area (Å²) in [5.74, 6) is 1.26. The van der Waals surface area contributed by atoms with Crippen molar-refractivity contribution in [2.75, 3.05) is 0 Å². The van der Waals surface area contributed by atoms with E-state index in [9.17, 15) is 4.79 Å². The molecule has 1 heteroatoms. The molecule has 0 aliphatic heterocycles. The van der Waals surface area contributed by atoms with Crippen LogP contribution < -0.4 is 0 Å². The molecular weight excluding hydrogens is 328 g/mol. The summed E-state index contributed by atoms with van der Waals surface area (Å²) in [4.78, 5) is 12.0. The van der Waals surface area contributed by atoms with Gasteiger partial charge in [-0.25, -0.2) is 0 Å². The van der Waals surface area contributed by atoms with Crippen LogP contribution in [0.15, 0.2) is 24.3 Å². The van der Waals surface area contributed by atoms with Crippen molar-refractivity contribution < 1.29 is 4.79 Å². The first-order chi connectivity index (χ1) is 13.2. The Hall–Kier alpha value is -0.850. The van der Waals surface area contributed by atoms with Crippen LogP contribution >= 0.6 is 0 Å². The first-order valence-corrected chi connectivity index (χ1v) is 12.1. The third-order valence-corrected chi connectivity index (χ3v) is 5.51. The Kier molecular flexibility index (Phi) is 20.8. The summed E-state index contributed by atoms with van der Waals surface area (Å²) >= 11 is 0. The number of carbonyl (C=O) groups excluding carboxylic acids is 1. The lowest BCUT2D eigenvalue weighted by molar-refractivity contribution is -0.119. The monoisotopic (exact) mass is 376 g/mol. The smallest absolute Gasteiger partial charge is 0.132 e. The van der Waals surface area contributed by atoms with E-state index in [0.717, 1.165) is 38.0 Å². The lowest BCUT2D eigenvalue weighted by atomic mass is 9.93. The van der Waals surface area contributed by atoms with Gasteiger partial charge in [0.15, 0.2) is 0 Å². The predicted molar refractivity (Wildman–Crippen MR) is 122 cm³/mol. The molecule has 0 spiro atoms. The zero-order chi connectivity index (χ0) is 20.0. The largest absolute Gasteiger partial charge is 0.300 e. The van der Waals surface area contributed by atoms with Gasteiger partial charge in [-0.05, 0) is 50.9 Å². The number of unbranched alkanes of at least 4 members (excludes halogenated alkanes) is 8. The quantitative estimate of drug-likeness (QED) is 0.153. The van der Waals surface area contributed by atoms with Gasteiger partial charge in [0.2, 0.25) is 0 Å². The number of hydrogen-bond donors (Lipinski definition) is 0. The minimum absolute atomic E-state index is 0.496. The maximum atomic E-state index is 12.0. The van der Waals surface area contributed by atoms with Crippen LogP contribution in [0, 0.1) is 5.92 Å². The molecule has 0 saturated carbocycles. The minimum atomic E-state index is 0.496. The molecule has 0 N–H and O–H groups in total. The normalized spacial score (nSPS) is 13.0. The average molecular weight is 377 g/mol. The third kappa shape index (κ3) is 19.7. The summed E-state index contributed by atoms with van der Waals surface area (Å²) in [6.45, 7) is 6.75. The molecule has 0 radical (unpaired) electrons. The van der Waals surface area contributed by atoms with Gasteiger partial charge in [-0.1, -0.05) is 96.4 Å². The van der Waals surface area contributed by atoms with Crippen molar-refractivity contribution in [2.45, 2.75) is 130 Å². The highest BCUT2D eigenvalue weighted by Gasteiger charge is 2.08. The van der Waals surface area contributed by atoms with E-state index in [2.05, 4.69) is 45.1 Å². The SMILES string of the molecule is CCCCCC=CCC=CCCCCCCCC(=O)CCC(CC)CCC. The Balaban J connectivity index is 3.39. The molecule has 1 unspecified atom stereocenters. The average Bonchev–Trinajstić information content (AvgIpc) is 2.68. The molecule has 0 aromatic rings. The highest BCUT2D eigenvalue weighted by molar-refractivity contribution is 5.78. The van der Waals surface area contributed by atoms with Crippen molar-refractivity contribution in [3.63, 3.8) is 0 Å². The minimum Gasteiger partial charge on any atom is -0.300 e. The lowest BCUT2D eigenvalue weighted by Crippen LogP contribution is -2.04. The summed E-state index contributed by atoms with van der Waals surface area (Å²) < 4.78 is 0. The summed E-state index contributed by atoms with van der Waals surface area (Å²) in [6.07, 6.45) is 29.5. The molecule has 158 valence electrons. The molecule has 0 bridgehead atoms. The van der Waals surface area contributed by atoms with E-state index >= 15 is 0 Å². The van der Waals surface area contributed by atoms with Gasteiger partial charge in [0, 0.05) is 12.8 Å². The maximum absolute atomic E-state index is 12.0. The van der Waals surface area contributed by atoms with Crippen molar-refractivity contribution in [1.29, 1.82) is 0 Å². The topological polar surface area (TPSA) is 17.1 Å². The van der Waals surface area contributed by atoms with Crippen LogP contribution in [0.25, 0.3) is 0 Å². The van der Waals surface area contributed by atoms with Crippen LogP contribution in [0.5, 0.6) is 0 Å². The Morgan fingerprint density at radius 1 is 0.667 bits per heavy atom. The Labute approximate surface area is 171 Å². The highest BCUT2D eigenvalue weighted by atomic mass is 16.1. The van der Waals surface area contributed by atoms with Gasteiger partial charge in [0.05, 0.1) is 0 Å². The van der Waals surface area contributed by atoms with Gasteiger partial charge in [0.25, 0.3) is 0 Å². The van der Waals surface area contributed by atoms with Crippen molar-refractivity contribution in [3.05, 3.63) is 24.3 Å². The number of rotatable bonds is 20. The molecule has 0 rings (SSSR count). The van der Waals surface area contributed by atoms with Crippen molar-refractivity contribution in [2.24, 2.45) is 5.92 Å². The number of hydrogen-bond acceptors (Lipinski definition) is 1. The van der Waals surface area contributed by atoms with Crippen LogP contribution in [0.4, 0.5) is 0 Å². The number of ketones is 1. The van der Waals surface area contributed by atoms with Crippen LogP contribution in [0.3, 0.4) is 0 Å². The van der Waals surface area contributed by atoms with Crippen molar-refractivity contribution in [3.8, 4) is 0 Å². The second-order valence-electron chi connectivity index (χ2n) is 8.12. The van der Waals surface area contributed by atoms with E-state index in [1.165, 1.54) is 77.0 Å². The number of carbonyl (C=O) groups is 1. The first kappa shape index (κ1) is 26.1. The maximum Gasteiger partial charge on any atom is 0.132 e. The predicted octanol–water partition coefficient (Wildman–Crippen LogP) is 8.98. The second-order valence-corrected chi connectivity index (χ2v) is 8.12. The van der Waals surface area contributed by atoms with Gasteiger partial charge in [0.1, 0.15) is 5.78 Å². The molecule has 0 heterocycles. The van der Waals surface area contributed by atoms with Crippen LogP contribution in [0.1, 0.15) is 130 Å². The Bertz CT molecular complexity index is 366. The molecule has 0 amide bonds. The van der Waals surface area contributed by atoms with Gasteiger partial charge in [-0.3, -0.25) is 4.79 Å². The number of allylic oxidation sites excluding steroid dienone is 4. The van der Waals surface area contributed by atoms with Gasteiger partial charge >= 0.3 is 0 Å². The lowest BCUT2D eigenvalue weighted by Gasteiger charge is -2.12. The Morgan fingerprint density at radius 2 is 1.30 bits per heavy atom. The van der Waals surface area contributed by atoms with Gasteiger partial charge in [-0.15, -0.1) is 0 Å². The summed E-state index contributed by atoms with van der Waals surface area (Å²) in [7, 11) is 0. The molecule has 1 nitrogen and oxygen atoms in total. The van der Waals surface area contributed by atoms with E-state index < -0.39 is 0 Å². The fourth-order valence-corrected chi connectivity index (χ4v) is 3.58. The molecule has 27 heavy (non-hydrogen) atoms. The molecule has 0 aliphatic rings. The fourth-order valence-electron chi connectivity index (χ4n) is 3.58. The van der Waals surface area contributed by atoms with Crippen molar-refractivity contribution >= 4 is 5.78 Å². The molecule has 1 atom stereocenters. The third-order valence-electron chi connectivity index (χ3n) is 5.51. The fraction of sp³-hybridized carbons (Fsp3) is 0.808. The molecule has 0 aromatic heterocycles. The zero-order valence-corrected chi connectivity index (χ0v) is 18.8. The van der Waals surface area contributed by atoms with E-state index in [0.29, 0.717) is 5.78 Å². The van der Waals surface area contributed by atoms with E-state index in [1.54, 1.807) is 0 Å². The van der Waals surface area contributed by atoms with Gasteiger partial charge < -0.3 is 0 Å². The second kappa shape index (κ2) is 21.5. The summed E-state index contributed by atoms with van der Waals surface area (Å²) in [5, 5.41) is 0. The molecule has 0 fully saturated rings. The Morgan fingerprint density at radius 3 is 1.93 bits per heavy atom. The van der Waals surface area contributed by atoms with E-state index in [-0.39, 0.29) is 0 Å². The molecular formula is C26H48O. The van der Waals surface area contributed by atoms with Crippen LogP contribution in [-0.2, 0) is 4.79 Å². The standard InChI is InChI=1S/C26H48O/c1-4-7-8-9-10-11-12-13-14-15-16-17-18-19-20-22-26(27)24-23-25(6-3)21-5-2/h10-11,13-14,25H,4-9,12,15-24H2,1-3H3. The van der Waals surface area contributed by atoms with Crippen molar-refractivity contribution in [1.82, 2.24) is 0 Å². The van der Waals surface area contributed by atoms with Gasteiger partial charge in [-0.2, -0.15) is 0 Å². The van der Waals surface area contributed by atoms with Crippen LogP contribution in [0.2, 0.25) is 0 Å². The van der Waals surface area contributed by atoms with Crippen LogP contribution in [-0.4, -0.2) is 5.78 Å². The highest BCUT2D eigenvalue weighted by Crippen LogP contribution is 2.18.